The molecule has 5 nitrogen and oxygen atoms in total. The quantitative estimate of drug-likeness (QED) is 0.701. The van der Waals surface area contributed by atoms with Crippen LogP contribution in [0.1, 0.15) is 33.6 Å². The van der Waals surface area contributed by atoms with Gasteiger partial charge in [-0.15, -0.1) is 0 Å². The summed E-state index contributed by atoms with van der Waals surface area (Å²) in [5, 5.41) is 14.4. The molecule has 1 rings (SSSR count). The van der Waals surface area contributed by atoms with Crippen LogP contribution in [0.15, 0.2) is 18.2 Å². The van der Waals surface area contributed by atoms with Gasteiger partial charge >= 0.3 is 11.8 Å². The van der Waals surface area contributed by atoms with Gasteiger partial charge in [-0.05, 0) is 37.8 Å². The lowest BCUT2D eigenvalue weighted by Gasteiger charge is -2.24. The fraction of sp³-hybridized carbons (Fsp3) is 0.500. The molecule has 0 aliphatic carbocycles. The Balaban J connectivity index is 2.54. The van der Waals surface area contributed by atoms with E-state index < -0.39 is 34.7 Å². The van der Waals surface area contributed by atoms with Gasteiger partial charge in [0.15, 0.2) is 11.6 Å². The van der Waals surface area contributed by atoms with Gasteiger partial charge in [-0.25, -0.2) is 8.78 Å². The summed E-state index contributed by atoms with van der Waals surface area (Å²) < 4.78 is 26.4. The summed E-state index contributed by atoms with van der Waals surface area (Å²) in [5.74, 6) is -4.12. The van der Waals surface area contributed by atoms with Crippen LogP contribution >= 0.6 is 0 Å². The highest BCUT2D eigenvalue weighted by molar-refractivity contribution is 6.39. The van der Waals surface area contributed by atoms with E-state index in [4.69, 9.17) is 0 Å². The monoisotopic (exact) mass is 328 g/mol. The number of amides is 2. The van der Waals surface area contributed by atoms with Crippen LogP contribution < -0.4 is 10.6 Å². The van der Waals surface area contributed by atoms with Gasteiger partial charge in [0.05, 0.1) is 11.3 Å². The van der Waals surface area contributed by atoms with Gasteiger partial charge in [-0.1, -0.05) is 19.9 Å². The lowest BCUT2D eigenvalue weighted by Crippen LogP contribution is -2.44. The predicted molar refractivity (Wildman–Crippen MR) is 82.7 cm³/mol. The van der Waals surface area contributed by atoms with Crippen LogP contribution in [0, 0.1) is 17.6 Å². The van der Waals surface area contributed by atoms with Gasteiger partial charge < -0.3 is 15.7 Å². The number of aliphatic hydroxyl groups is 1. The molecule has 0 heterocycles. The molecule has 0 unspecified atom stereocenters. The number of hydrogen-bond acceptors (Lipinski definition) is 3. The third kappa shape index (κ3) is 6.32. The maximum Gasteiger partial charge on any atom is 0.313 e. The molecule has 0 radical (unpaired) electrons. The molecule has 2 amide bonds. The van der Waals surface area contributed by atoms with E-state index >= 15 is 0 Å². The lowest BCUT2D eigenvalue weighted by atomic mass is 9.95. The Morgan fingerprint density at radius 2 is 1.91 bits per heavy atom. The van der Waals surface area contributed by atoms with Crippen molar-refractivity contribution < 1.29 is 23.5 Å². The molecule has 0 fully saturated rings. The molecule has 3 N–H and O–H groups in total. The zero-order valence-electron chi connectivity index (χ0n) is 13.5. The second kappa shape index (κ2) is 8.01. The van der Waals surface area contributed by atoms with Gasteiger partial charge in [0.1, 0.15) is 0 Å². The smallest absolute Gasteiger partial charge is 0.313 e. The van der Waals surface area contributed by atoms with Crippen LogP contribution in [-0.2, 0) is 9.59 Å². The summed E-state index contributed by atoms with van der Waals surface area (Å²) in [7, 11) is 0. The van der Waals surface area contributed by atoms with Crippen molar-refractivity contribution in [3.05, 3.63) is 29.8 Å². The third-order valence-corrected chi connectivity index (χ3v) is 3.30. The van der Waals surface area contributed by atoms with Crippen LogP contribution in [0.25, 0.3) is 0 Å². The Hall–Kier alpha value is -2.02. The van der Waals surface area contributed by atoms with Crippen molar-refractivity contribution in [2.75, 3.05) is 11.9 Å². The molecule has 0 bridgehead atoms. The van der Waals surface area contributed by atoms with E-state index in [0.717, 1.165) is 18.6 Å². The number of carbonyl (C=O) groups is 2. The Bertz CT molecular complexity index is 574. The van der Waals surface area contributed by atoms with Gasteiger partial charge in [-0.3, -0.25) is 9.59 Å². The first-order valence-corrected chi connectivity index (χ1v) is 7.38. The number of benzene rings is 1. The van der Waals surface area contributed by atoms with E-state index in [1.54, 1.807) is 6.92 Å². The molecular weight excluding hydrogens is 306 g/mol. The van der Waals surface area contributed by atoms with Crippen molar-refractivity contribution in [2.45, 2.75) is 39.2 Å². The molecule has 128 valence electrons. The molecule has 0 aromatic heterocycles. The fourth-order valence-corrected chi connectivity index (χ4v) is 1.82. The highest BCUT2D eigenvalue weighted by Crippen LogP contribution is 2.17. The first-order valence-electron chi connectivity index (χ1n) is 7.38. The van der Waals surface area contributed by atoms with Crippen molar-refractivity contribution in [1.29, 1.82) is 0 Å². The lowest BCUT2D eigenvalue weighted by molar-refractivity contribution is -0.136. The fourth-order valence-electron chi connectivity index (χ4n) is 1.82. The van der Waals surface area contributed by atoms with Crippen LogP contribution in [0.3, 0.4) is 0 Å². The molecule has 0 aliphatic rings. The minimum Gasteiger partial charge on any atom is -0.388 e. The van der Waals surface area contributed by atoms with E-state index in [1.165, 1.54) is 6.07 Å². The van der Waals surface area contributed by atoms with Crippen molar-refractivity contribution >= 4 is 17.5 Å². The van der Waals surface area contributed by atoms with Crippen LogP contribution in [-0.4, -0.2) is 29.1 Å². The molecule has 7 heteroatoms. The minimum absolute atomic E-state index is 0.113. The summed E-state index contributed by atoms with van der Waals surface area (Å²) in [5.41, 5.74) is -1.57. The van der Waals surface area contributed by atoms with Crippen molar-refractivity contribution in [2.24, 2.45) is 5.92 Å². The Morgan fingerprint density at radius 3 is 2.52 bits per heavy atom. The molecule has 0 aliphatic heterocycles. The second-order valence-electron chi connectivity index (χ2n) is 6.17. The maximum absolute atomic E-state index is 13.4. The van der Waals surface area contributed by atoms with Crippen molar-refractivity contribution in [1.82, 2.24) is 5.32 Å². The molecular formula is C16H22F2N2O3. The Labute approximate surface area is 134 Å². The van der Waals surface area contributed by atoms with Crippen LogP contribution in [0.2, 0.25) is 0 Å². The average Bonchev–Trinajstić information content (AvgIpc) is 2.47. The normalized spacial score (nSPS) is 13.5. The number of nitrogens with one attached hydrogen (secondary N) is 2. The van der Waals surface area contributed by atoms with E-state index in [-0.39, 0.29) is 6.54 Å². The molecule has 23 heavy (non-hydrogen) atoms. The van der Waals surface area contributed by atoms with Crippen LogP contribution in [0.5, 0.6) is 0 Å². The minimum atomic E-state index is -1.24. The van der Waals surface area contributed by atoms with E-state index in [9.17, 15) is 23.5 Å². The molecule has 0 saturated heterocycles. The standard InChI is InChI=1S/C16H22F2N2O3/c1-10(2)7-8-16(3,23)9-19-14(21)15(22)20-12-6-4-5-11(17)13(12)18/h4-6,10,23H,7-9H2,1-3H3,(H,19,21)(H,20,22)/t16-/m0/s1. The summed E-state index contributed by atoms with van der Waals surface area (Å²) in [6, 6.07) is 3.25. The second-order valence-corrected chi connectivity index (χ2v) is 6.17. The maximum atomic E-state index is 13.4. The largest absolute Gasteiger partial charge is 0.388 e. The summed E-state index contributed by atoms with van der Waals surface area (Å²) in [6.07, 6.45) is 1.23. The van der Waals surface area contributed by atoms with Gasteiger partial charge in [0.25, 0.3) is 0 Å². The van der Waals surface area contributed by atoms with Gasteiger partial charge in [0, 0.05) is 6.54 Å². The summed E-state index contributed by atoms with van der Waals surface area (Å²) in [4.78, 5) is 23.3. The zero-order valence-corrected chi connectivity index (χ0v) is 13.5. The molecule has 0 spiro atoms. The zero-order chi connectivity index (χ0) is 17.6. The van der Waals surface area contributed by atoms with Gasteiger partial charge in [-0.2, -0.15) is 0 Å². The molecule has 1 atom stereocenters. The number of anilines is 1. The van der Waals surface area contributed by atoms with Crippen LogP contribution in [0.4, 0.5) is 14.5 Å². The number of rotatable bonds is 6. The highest BCUT2D eigenvalue weighted by Gasteiger charge is 2.24. The first-order chi connectivity index (χ1) is 10.6. The van der Waals surface area contributed by atoms with E-state index in [1.807, 2.05) is 19.2 Å². The van der Waals surface area contributed by atoms with Crippen molar-refractivity contribution in [3.8, 4) is 0 Å². The van der Waals surface area contributed by atoms with Gasteiger partial charge in [0.2, 0.25) is 0 Å². The number of halogens is 2. The number of carbonyl (C=O) groups excluding carboxylic acids is 2. The molecule has 0 saturated carbocycles. The predicted octanol–water partition coefficient (Wildman–Crippen LogP) is 2.21. The third-order valence-electron chi connectivity index (χ3n) is 3.30. The number of hydrogen-bond donors (Lipinski definition) is 3. The SMILES string of the molecule is CC(C)CC[C@](C)(O)CNC(=O)C(=O)Nc1cccc(F)c1F. The Morgan fingerprint density at radius 1 is 1.26 bits per heavy atom. The first kappa shape index (κ1) is 19.0. The summed E-state index contributed by atoms with van der Waals surface area (Å²) in [6.45, 7) is 5.46. The molecule has 1 aromatic rings. The average molecular weight is 328 g/mol. The summed E-state index contributed by atoms with van der Waals surface area (Å²) >= 11 is 0. The van der Waals surface area contributed by atoms with E-state index in [2.05, 4.69) is 5.32 Å². The Kier molecular flexibility index (Phi) is 6.62. The molecule has 1 aromatic carbocycles. The highest BCUT2D eigenvalue weighted by atomic mass is 19.2. The van der Waals surface area contributed by atoms with Crippen molar-refractivity contribution in [3.63, 3.8) is 0 Å². The topological polar surface area (TPSA) is 78.4 Å². The van der Waals surface area contributed by atoms with E-state index in [0.29, 0.717) is 12.3 Å².